The number of nitrogens with one attached hydrogen (secondary N) is 5. The highest BCUT2D eigenvalue weighted by Gasteiger charge is 2.28. The van der Waals surface area contributed by atoms with Crippen molar-refractivity contribution in [3.05, 3.63) is 48.0 Å². The van der Waals surface area contributed by atoms with Crippen molar-refractivity contribution in [2.75, 3.05) is 25.4 Å². The third-order valence-corrected chi connectivity index (χ3v) is 6.40. The fourth-order valence-electron chi connectivity index (χ4n) is 3.22. The van der Waals surface area contributed by atoms with Gasteiger partial charge in [-0.1, -0.05) is 74.7 Å². The van der Waals surface area contributed by atoms with E-state index in [0.29, 0.717) is 0 Å². The number of carbonyl (C=O) groups is 5. The predicted molar refractivity (Wildman–Crippen MR) is 155 cm³/mol. The number of thiocarbonyl (C=S) groups is 1. The van der Waals surface area contributed by atoms with E-state index in [1.54, 1.807) is 36.0 Å². The number of rotatable bonds is 13. The highest BCUT2D eigenvalue weighted by molar-refractivity contribution is 8.23. The summed E-state index contributed by atoms with van der Waals surface area (Å²) in [5, 5.41) is 21.7. The molecule has 0 unspecified atom stereocenters. The molecule has 1 heterocycles. The number of hydrogen-bond donors (Lipinski definition) is 6. The number of carbonyl (C=O) groups excluding carboxylic acids is 4. The summed E-state index contributed by atoms with van der Waals surface area (Å²) in [7, 11) is 0. The van der Waals surface area contributed by atoms with Crippen LogP contribution in [0.1, 0.15) is 32.8 Å². The van der Waals surface area contributed by atoms with Crippen molar-refractivity contribution in [2.24, 2.45) is 5.92 Å². The molecule has 0 bridgehead atoms. The summed E-state index contributed by atoms with van der Waals surface area (Å²) in [5.41, 5.74) is 1.02. The van der Waals surface area contributed by atoms with Gasteiger partial charge in [0.25, 0.3) is 0 Å². The first-order valence-electron chi connectivity index (χ1n) is 12.4. The van der Waals surface area contributed by atoms with Crippen LogP contribution in [0.5, 0.6) is 0 Å². The molecular weight excluding hydrogens is 542 g/mol. The van der Waals surface area contributed by atoms with Crippen LogP contribution in [-0.2, 0) is 30.4 Å². The molecule has 0 spiro atoms. The largest absolute Gasteiger partial charge is 0.480 e. The predicted octanol–water partition coefficient (Wildman–Crippen LogP) is 0.746. The highest BCUT2D eigenvalue weighted by atomic mass is 32.2. The standard InChI is InChI=1S/C23H32N4O6.C3H5NS2/c1-14(2)10-17(22(32)25-13-20(29)30)27-23(33)18(11-16-8-6-5-7-9-16)26-19(28)12-24-21(31)15(3)4;5-3-4-1-2-6-3/h5-9,14,17-18H,3,10-13H2,1-2,4H3,(H,24,31)(H,25,32)(H,26,28)(H,27,33)(H,29,30);1-2H2,(H,4,5)/t17-,18-;/m0./s1. The third-order valence-electron chi connectivity index (χ3n) is 5.09. The second-order valence-corrected chi connectivity index (χ2v) is 10.9. The molecular formula is C26H37N5O6S2. The average Bonchev–Trinajstić information content (AvgIpc) is 3.36. The minimum absolute atomic E-state index is 0.0328. The molecule has 1 aromatic rings. The fraction of sp³-hybridized carbons (Fsp3) is 0.462. The van der Waals surface area contributed by atoms with Crippen molar-refractivity contribution in [1.29, 1.82) is 0 Å². The van der Waals surface area contributed by atoms with Gasteiger partial charge in [-0.15, -0.1) is 0 Å². The number of aliphatic carboxylic acids is 1. The summed E-state index contributed by atoms with van der Waals surface area (Å²) >= 11 is 6.49. The number of amides is 4. The topological polar surface area (TPSA) is 166 Å². The van der Waals surface area contributed by atoms with Gasteiger partial charge in [0.2, 0.25) is 23.6 Å². The fourth-order valence-corrected chi connectivity index (χ4v) is 4.17. The van der Waals surface area contributed by atoms with Crippen LogP contribution in [0.3, 0.4) is 0 Å². The minimum Gasteiger partial charge on any atom is -0.480 e. The van der Waals surface area contributed by atoms with Gasteiger partial charge in [0, 0.05) is 24.3 Å². The first-order chi connectivity index (χ1) is 18.4. The average molecular weight is 580 g/mol. The Morgan fingerprint density at radius 3 is 2.18 bits per heavy atom. The van der Waals surface area contributed by atoms with Gasteiger partial charge in [0.15, 0.2) is 0 Å². The zero-order chi connectivity index (χ0) is 29.4. The molecule has 39 heavy (non-hydrogen) atoms. The molecule has 1 aromatic carbocycles. The smallest absolute Gasteiger partial charge is 0.322 e. The Kier molecular flexibility index (Phi) is 15.5. The van der Waals surface area contributed by atoms with Crippen molar-refractivity contribution in [2.45, 2.75) is 45.7 Å². The van der Waals surface area contributed by atoms with Crippen LogP contribution in [0.25, 0.3) is 0 Å². The van der Waals surface area contributed by atoms with E-state index in [1.807, 2.05) is 19.9 Å². The van der Waals surface area contributed by atoms with E-state index in [9.17, 15) is 24.0 Å². The van der Waals surface area contributed by atoms with Crippen LogP contribution in [0.15, 0.2) is 42.5 Å². The molecule has 0 aromatic heterocycles. The van der Waals surface area contributed by atoms with Crippen molar-refractivity contribution in [3.63, 3.8) is 0 Å². The van der Waals surface area contributed by atoms with Crippen molar-refractivity contribution in [3.8, 4) is 0 Å². The van der Waals surface area contributed by atoms with E-state index in [0.717, 1.165) is 22.2 Å². The lowest BCUT2D eigenvalue weighted by Crippen LogP contribution is -2.56. The molecule has 13 heteroatoms. The molecule has 1 saturated heterocycles. The SMILES string of the molecule is C=C(C)C(=O)NCC(=O)N[C@@H](Cc1ccccc1)C(=O)N[C@@H](CC(C)C)C(=O)NCC(=O)O.S=C1NCCS1. The van der Waals surface area contributed by atoms with Gasteiger partial charge in [-0.3, -0.25) is 24.0 Å². The van der Waals surface area contributed by atoms with Gasteiger partial charge >= 0.3 is 5.97 Å². The first kappa shape index (κ1) is 33.6. The monoisotopic (exact) mass is 579 g/mol. The molecule has 0 saturated carbocycles. The van der Waals surface area contributed by atoms with Crippen LogP contribution >= 0.6 is 24.0 Å². The zero-order valence-electron chi connectivity index (χ0n) is 22.4. The summed E-state index contributed by atoms with van der Waals surface area (Å²) in [6.07, 6.45) is 0.426. The second kappa shape index (κ2) is 17.9. The summed E-state index contributed by atoms with van der Waals surface area (Å²) in [6.45, 7) is 8.85. The van der Waals surface area contributed by atoms with Gasteiger partial charge in [0.1, 0.15) is 22.9 Å². The molecule has 214 valence electrons. The lowest BCUT2D eigenvalue weighted by Gasteiger charge is -2.24. The first-order valence-corrected chi connectivity index (χ1v) is 13.8. The van der Waals surface area contributed by atoms with Crippen molar-refractivity contribution >= 4 is 57.9 Å². The zero-order valence-corrected chi connectivity index (χ0v) is 24.0. The minimum atomic E-state index is -1.20. The van der Waals surface area contributed by atoms with E-state index in [1.165, 1.54) is 6.92 Å². The maximum atomic E-state index is 13.0. The quantitative estimate of drug-likeness (QED) is 0.146. The number of benzene rings is 1. The summed E-state index contributed by atoms with van der Waals surface area (Å²) in [4.78, 5) is 60.2. The number of hydrogen-bond acceptors (Lipinski definition) is 7. The molecule has 2 rings (SSSR count). The number of thioether (sulfide) groups is 1. The Morgan fingerprint density at radius 2 is 1.69 bits per heavy atom. The maximum Gasteiger partial charge on any atom is 0.322 e. The van der Waals surface area contributed by atoms with Crippen LogP contribution < -0.4 is 26.6 Å². The van der Waals surface area contributed by atoms with Crippen LogP contribution in [0, 0.1) is 5.92 Å². The Balaban J connectivity index is 0.00000111. The molecule has 0 aliphatic carbocycles. The van der Waals surface area contributed by atoms with E-state index in [2.05, 4.69) is 33.2 Å². The normalized spacial score (nSPS) is 13.6. The summed E-state index contributed by atoms with van der Waals surface area (Å²) in [5.74, 6) is -2.32. The highest BCUT2D eigenvalue weighted by Crippen LogP contribution is 2.08. The second-order valence-electron chi connectivity index (χ2n) is 9.14. The Labute approximate surface area is 238 Å². The van der Waals surface area contributed by atoms with Crippen LogP contribution in [-0.4, -0.2) is 76.5 Å². The lowest BCUT2D eigenvalue weighted by atomic mass is 10.0. The molecule has 1 aliphatic rings. The van der Waals surface area contributed by atoms with Crippen molar-refractivity contribution in [1.82, 2.24) is 26.6 Å². The van der Waals surface area contributed by atoms with E-state index >= 15 is 0 Å². The molecule has 1 aliphatic heterocycles. The van der Waals surface area contributed by atoms with Gasteiger partial charge < -0.3 is 31.7 Å². The number of carboxylic acid groups (broad SMARTS) is 1. The van der Waals surface area contributed by atoms with Crippen LogP contribution in [0.2, 0.25) is 0 Å². The molecule has 0 radical (unpaired) electrons. The van der Waals surface area contributed by atoms with Gasteiger partial charge in [0.05, 0.1) is 6.54 Å². The molecule has 6 N–H and O–H groups in total. The Hall–Kier alpha value is -3.45. The Bertz CT molecular complexity index is 1030. The molecule has 2 atom stereocenters. The van der Waals surface area contributed by atoms with Crippen LogP contribution in [0.4, 0.5) is 0 Å². The van der Waals surface area contributed by atoms with E-state index in [-0.39, 0.29) is 30.9 Å². The third kappa shape index (κ3) is 14.9. The van der Waals surface area contributed by atoms with Gasteiger partial charge in [-0.05, 0) is 24.8 Å². The number of carboxylic acids is 1. The molecule has 4 amide bonds. The van der Waals surface area contributed by atoms with E-state index < -0.39 is 48.2 Å². The van der Waals surface area contributed by atoms with E-state index in [4.69, 9.17) is 17.3 Å². The van der Waals surface area contributed by atoms with Gasteiger partial charge in [-0.2, -0.15) is 0 Å². The lowest BCUT2D eigenvalue weighted by molar-refractivity contribution is -0.138. The Morgan fingerprint density at radius 1 is 1.03 bits per heavy atom. The van der Waals surface area contributed by atoms with Gasteiger partial charge in [-0.25, -0.2) is 0 Å². The summed E-state index contributed by atoms with van der Waals surface area (Å²) in [6, 6.07) is 6.98. The summed E-state index contributed by atoms with van der Waals surface area (Å²) < 4.78 is 0.954. The molecule has 11 nitrogen and oxygen atoms in total. The van der Waals surface area contributed by atoms with Crippen molar-refractivity contribution < 1.29 is 29.1 Å². The molecule has 1 fully saturated rings. The maximum absolute atomic E-state index is 13.0.